The fraction of sp³-hybridized carbons (Fsp3) is 0.333. The zero-order valence-corrected chi connectivity index (χ0v) is 11.4. The van der Waals surface area contributed by atoms with Gasteiger partial charge in [-0.25, -0.2) is 0 Å². The van der Waals surface area contributed by atoms with Crippen LogP contribution in [0.3, 0.4) is 0 Å². The van der Waals surface area contributed by atoms with Gasteiger partial charge in [0.15, 0.2) is 0 Å². The van der Waals surface area contributed by atoms with E-state index in [-0.39, 0.29) is 0 Å². The lowest BCUT2D eigenvalue weighted by Crippen LogP contribution is -2.00. The maximum Gasteiger partial charge on any atom is 0.205 e. The molecule has 1 N–H and O–H groups in total. The van der Waals surface area contributed by atoms with E-state index in [0.29, 0.717) is 6.54 Å². The first kappa shape index (κ1) is 12.6. The minimum Gasteiger partial charge on any atom is -0.497 e. The van der Waals surface area contributed by atoms with E-state index >= 15 is 0 Å². The minimum absolute atomic E-state index is 0.655. The molecule has 2 rings (SSSR count). The second-order valence-electron chi connectivity index (χ2n) is 3.70. The second kappa shape index (κ2) is 5.68. The van der Waals surface area contributed by atoms with Crippen molar-refractivity contribution in [3.63, 3.8) is 0 Å². The van der Waals surface area contributed by atoms with Crippen molar-refractivity contribution >= 4 is 16.5 Å². The van der Waals surface area contributed by atoms with E-state index in [0.717, 1.165) is 27.2 Å². The molecule has 2 aromatic rings. The van der Waals surface area contributed by atoms with E-state index in [2.05, 4.69) is 15.5 Å². The molecule has 0 bridgehead atoms. The summed E-state index contributed by atoms with van der Waals surface area (Å²) in [6.45, 7) is 2.58. The van der Waals surface area contributed by atoms with Gasteiger partial charge in [0, 0.05) is 12.6 Å². The number of hydrogen-bond donors (Lipinski definition) is 1. The zero-order chi connectivity index (χ0) is 13.0. The van der Waals surface area contributed by atoms with Crippen molar-refractivity contribution in [2.75, 3.05) is 19.5 Å². The Morgan fingerprint density at radius 3 is 2.28 bits per heavy atom. The number of rotatable bonds is 5. The summed E-state index contributed by atoms with van der Waals surface area (Å²) in [5, 5.41) is 12.9. The molecular formula is C12H15N3O2S. The van der Waals surface area contributed by atoms with Crippen molar-refractivity contribution in [3.05, 3.63) is 28.8 Å². The molecule has 1 heterocycles. The standard InChI is InChI=1S/C12H15N3O2S/c1-8-14-15-12(18-8)13-7-9-4-10(16-2)6-11(5-9)17-3/h4-6H,7H2,1-3H3,(H,13,15). The van der Waals surface area contributed by atoms with E-state index in [1.54, 1.807) is 14.2 Å². The molecule has 0 atom stereocenters. The summed E-state index contributed by atoms with van der Waals surface area (Å²) in [5.74, 6) is 1.55. The molecule has 96 valence electrons. The molecule has 0 radical (unpaired) electrons. The molecule has 5 nitrogen and oxygen atoms in total. The number of benzene rings is 1. The average molecular weight is 265 g/mol. The van der Waals surface area contributed by atoms with E-state index in [4.69, 9.17) is 9.47 Å². The second-order valence-corrected chi connectivity index (χ2v) is 4.88. The van der Waals surface area contributed by atoms with E-state index < -0.39 is 0 Å². The van der Waals surface area contributed by atoms with Crippen LogP contribution in [0, 0.1) is 6.92 Å². The number of methoxy groups -OCH3 is 2. The molecule has 18 heavy (non-hydrogen) atoms. The highest BCUT2D eigenvalue weighted by Crippen LogP contribution is 2.23. The van der Waals surface area contributed by atoms with Crippen LogP contribution in [-0.4, -0.2) is 24.4 Å². The van der Waals surface area contributed by atoms with Crippen molar-refractivity contribution < 1.29 is 9.47 Å². The van der Waals surface area contributed by atoms with Crippen molar-refractivity contribution in [2.45, 2.75) is 13.5 Å². The number of nitrogens with zero attached hydrogens (tertiary/aromatic N) is 2. The lowest BCUT2D eigenvalue weighted by atomic mass is 10.2. The van der Waals surface area contributed by atoms with Crippen LogP contribution in [0.25, 0.3) is 0 Å². The zero-order valence-electron chi connectivity index (χ0n) is 10.6. The van der Waals surface area contributed by atoms with Crippen LogP contribution in [0.2, 0.25) is 0 Å². The Morgan fingerprint density at radius 2 is 1.78 bits per heavy atom. The fourth-order valence-corrected chi connectivity index (χ4v) is 2.10. The first-order valence-corrected chi connectivity index (χ1v) is 6.29. The van der Waals surface area contributed by atoms with Gasteiger partial charge in [0.25, 0.3) is 0 Å². The van der Waals surface area contributed by atoms with Crippen LogP contribution in [0.15, 0.2) is 18.2 Å². The molecule has 0 amide bonds. The molecule has 0 fully saturated rings. The van der Waals surface area contributed by atoms with Crippen LogP contribution in [0.1, 0.15) is 10.6 Å². The predicted molar refractivity (Wildman–Crippen MR) is 71.5 cm³/mol. The van der Waals surface area contributed by atoms with Crippen molar-refractivity contribution in [1.29, 1.82) is 0 Å². The molecule has 0 saturated carbocycles. The first-order chi connectivity index (χ1) is 8.71. The molecule has 0 saturated heterocycles. The third-order valence-electron chi connectivity index (χ3n) is 2.38. The number of aromatic nitrogens is 2. The largest absolute Gasteiger partial charge is 0.497 e. The highest BCUT2D eigenvalue weighted by Gasteiger charge is 2.03. The van der Waals surface area contributed by atoms with Crippen molar-refractivity contribution in [2.24, 2.45) is 0 Å². The van der Waals surface area contributed by atoms with Crippen molar-refractivity contribution in [3.8, 4) is 11.5 Å². The summed E-state index contributed by atoms with van der Waals surface area (Å²) in [4.78, 5) is 0. The molecule has 1 aromatic heterocycles. The van der Waals surface area contributed by atoms with Gasteiger partial charge in [-0.1, -0.05) is 11.3 Å². The van der Waals surface area contributed by atoms with Crippen molar-refractivity contribution in [1.82, 2.24) is 10.2 Å². The van der Waals surface area contributed by atoms with Gasteiger partial charge in [-0.05, 0) is 24.6 Å². The lowest BCUT2D eigenvalue weighted by molar-refractivity contribution is 0.393. The summed E-state index contributed by atoms with van der Waals surface area (Å²) in [5.41, 5.74) is 1.07. The van der Waals surface area contributed by atoms with Gasteiger partial charge < -0.3 is 14.8 Å². The predicted octanol–water partition coefficient (Wildman–Crippen LogP) is 2.48. The Balaban J connectivity index is 2.08. The van der Waals surface area contributed by atoms with E-state index in [1.807, 2.05) is 25.1 Å². The number of nitrogens with one attached hydrogen (secondary N) is 1. The number of anilines is 1. The summed E-state index contributed by atoms with van der Waals surface area (Å²) < 4.78 is 10.4. The SMILES string of the molecule is COc1cc(CNc2nnc(C)s2)cc(OC)c1. The molecule has 0 unspecified atom stereocenters. The molecule has 0 spiro atoms. The molecule has 6 heteroatoms. The maximum atomic E-state index is 5.22. The van der Waals surface area contributed by atoms with Crippen LogP contribution in [0.4, 0.5) is 5.13 Å². The first-order valence-electron chi connectivity index (χ1n) is 5.47. The summed E-state index contributed by atoms with van der Waals surface area (Å²) in [6, 6.07) is 5.77. The molecule has 1 aromatic carbocycles. The van der Waals surface area contributed by atoms with E-state index in [1.165, 1.54) is 11.3 Å². The topological polar surface area (TPSA) is 56.3 Å². The Labute approximate surface area is 110 Å². The van der Waals surface area contributed by atoms with Gasteiger partial charge in [0.1, 0.15) is 16.5 Å². The minimum atomic E-state index is 0.655. The van der Waals surface area contributed by atoms with Crippen LogP contribution < -0.4 is 14.8 Å². The highest BCUT2D eigenvalue weighted by molar-refractivity contribution is 7.15. The van der Waals surface area contributed by atoms with Crippen LogP contribution >= 0.6 is 11.3 Å². The quantitative estimate of drug-likeness (QED) is 0.900. The Bertz CT molecular complexity index is 506. The molecule has 0 aliphatic carbocycles. The molecule has 0 aliphatic rings. The van der Waals surface area contributed by atoms with Gasteiger partial charge in [-0.15, -0.1) is 10.2 Å². The monoisotopic (exact) mass is 265 g/mol. The summed E-state index contributed by atoms with van der Waals surface area (Å²) in [6.07, 6.45) is 0. The van der Waals surface area contributed by atoms with Crippen LogP contribution in [0.5, 0.6) is 11.5 Å². The van der Waals surface area contributed by atoms with Gasteiger partial charge in [0.05, 0.1) is 14.2 Å². The lowest BCUT2D eigenvalue weighted by Gasteiger charge is -2.08. The van der Waals surface area contributed by atoms with Gasteiger partial charge in [0.2, 0.25) is 5.13 Å². The Morgan fingerprint density at radius 1 is 1.11 bits per heavy atom. The third kappa shape index (κ3) is 3.10. The maximum absolute atomic E-state index is 5.22. The fourth-order valence-electron chi connectivity index (χ4n) is 1.51. The summed E-state index contributed by atoms with van der Waals surface area (Å²) in [7, 11) is 3.28. The summed E-state index contributed by atoms with van der Waals surface area (Å²) >= 11 is 1.53. The van der Waals surface area contributed by atoms with Gasteiger partial charge in [-0.2, -0.15) is 0 Å². The number of ether oxygens (including phenoxy) is 2. The van der Waals surface area contributed by atoms with Gasteiger partial charge >= 0.3 is 0 Å². The number of hydrogen-bond acceptors (Lipinski definition) is 6. The van der Waals surface area contributed by atoms with Gasteiger partial charge in [-0.3, -0.25) is 0 Å². The Hall–Kier alpha value is -1.82. The normalized spacial score (nSPS) is 10.2. The number of aryl methyl sites for hydroxylation is 1. The van der Waals surface area contributed by atoms with E-state index in [9.17, 15) is 0 Å². The third-order valence-corrected chi connectivity index (χ3v) is 3.18. The molecule has 0 aliphatic heterocycles. The highest BCUT2D eigenvalue weighted by atomic mass is 32.1. The average Bonchev–Trinajstić information content (AvgIpc) is 2.81. The smallest absolute Gasteiger partial charge is 0.205 e. The van der Waals surface area contributed by atoms with Crippen LogP contribution in [-0.2, 0) is 6.54 Å². The Kier molecular flexibility index (Phi) is 3.99. The molecular weight excluding hydrogens is 250 g/mol.